The third-order valence-corrected chi connectivity index (χ3v) is 9.99. The number of alkyl halides is 17. The molecule has 0 bridgehead atoms. The zero-order valence-electron chi connectivity index (χ0n) is 27.9. The first-order valence-electron chi connectivity index (χ1n) is 15.3. The molecule has 1 fully saturated rings. The Morgan fingerprint density at radius 1 is 0.772 bits per heavy atom. The van der Waals surface area contributed by atoms with Crippen molar-refractivity contribution in [3.63, 3.8) is 0 Å². The van der Waals surface area contributed by atoms with E-state index < -0.39 is 118 Å². The van der Waals surface area contributed by atoms with Crippen LogP contribution in [0.4, 0.5) is 84.2 Å². The lowest BCUT2D eigenvalue weighted by Gasteiger charge is -2.44. The second-order valence-corrected chi connectivity index (χ2v) is 13.9. The van der Waals surface area contributed by atoms with Crippen molar-refractivity contribution in [2.45, 2.75) is 85.0 Å². The number of benzene rings is 1. The summed E-state index contributed by atoms with van der Waals surface area (Å²) in [6, 6.07) is 4.69. The van der Waals surface area contributed by atoms with Gasteiger partial charge in [-0.05, 0) is 24.8 Å². The normalized spacial score (nSPS) is 17.9. The summed E-state index contributed by atoms with van der Waals surface area (Å²) >= 11 is 0. The van der Waals surface area contributed by atoms with Gasteiger partial charge in [-0.15, -0.1) is 0 Å². The molecule has 1 aliphatic rings. The number of nitrogens with zero attached hydrogens (tertiary/aromatic N) is 2. The van der Waals surface area contributed by atoms with Crippen molar-refractivity contribution >= 4 is 28.1 Å². The SMILES string of the molecule is NC(=O)N1CCN(S(=O)(=O)C(F)(F)C(F)(F)C(F)(F)C(F)(F)C(F)(F)C(F)(F)C(F)(F)C(F)(F)F)CC1N[C@@H](CCCCNC(=O)OCc1ccccc1)C(=O)O. The number of nitrogens with one attached hydrogen (secondary N) is 2. The molecule has 1 aromatic carbocycles. The Hall–Kier alpha value is -4.09. The van der Waals surface area contributed by atoms with E-state index in [1.54, 1.807) is 30.3 Å². The third kappa shape index (κ3) is 8.99. The van der Waals surface area contributed by atoms with Crippen LogP contribution < -0.4 is 16.4 Å². The van der Waals surface area contributed by atoms with Crippen LogP contribution in [0.3, 0.4) is 0 Å². The maximum absolute atomic E-state index is 14.9. The molecular formula is C27H28F17N5O7S. The number of halogens is 17. The van der Waals surface area contributed by atoms with Crippen LogP contribution in [0.25, 0.3) is 0 Å². The molecule has 2 rings (SSSR count). The summed E-state index contributed by atoms with van der Waals surface area (Å²) in [5.41, 5.74) is 5.67. The molecule has 2 atom stereocenters. The molecule has 1 unspecified atom stereocenters. The summed E-state index contributed by atoms with van der Waals surface area (Å²) < 4.78 is 263. The Kier molecular flexibility index (Phi) is 14.3. The van der Waals surface area contributed by atoms with Crippen LogP contribution in [-0.4, -0.2) is 126 Å². The highest BCUT2D eigenvalue weighted by atomic mass is 32.2. The van der Waals surface area contributed by atoms with E-state index >= 15 is 0 Å². The number of ether oxygens (including phenoxy) is 1. The van der Waals surface area contributed by atoms with E-state index in [0.717, 1.165) is 0 Å². The summed E-state index contributed by atoms with van der Waals surface area (Å²) in [5, 5.41) is 6.02. The van der Waals surface area contributed by atoms with E-state index in [1.165, 1.54) is 0 Å². The van der Waals surface area contributed by atoms with E-state index in [-0.39, 0.29) is 30.9 Å². The number of aliphatic carboxylic acids is 1. The van der Waals surface area contributed by atoms with Crippen molar-refractivity contribution in [3.8, 4) is 0 Å². The zero-order valence-corrected chi connectivity index (χ0v) is 28.7. The second kappa shape index (κ2) is 16.6. The van der Waals surface area contributed by atoms with Crippen molar-refractivity contribution < 1.29 is 107 Å². The summed E-state index contributed by atoms with van der Waals surface area (Å²) in [7, 11) is -7.73. The van der Waals surface area contributed by atoms with Gasteiger partial charge < -0.3 is 25.8 Å². The Morgan fingerprint density at radius 2 is 1.26 bits per heavy atom. The van der Waals surface area contributed by atoms with Crippen LogP contribution in [0, 0.1) is 0 Å². The molecule has 1 saturated heterocycles. The minimum absolute atomic E-state index is 0.0322. The number of hydrogen-bond acceptors (Lipinski definition) is 7. The number of primary amides is 1. The molecule has 328 valence electrons. The molecule has 3 amide bonds. The number of carbonyl (C=O) groups excluding carboxylic acids is 2. The van der Waals surface area contributed by atoms with Gasteiger partial charge in [0, 0.05) is 26.2 Å². The summed E-state index contributed by atoms with van der Waals surface area (Å²) in [4.78, 5) is 35.9. The van der Waals surface area contributed by atoms with Crippen molar-refractivity contribution in [2.24, 2.45) is 5.73 Å². The first-order valence-corrected chi connectivity index (χ1v) is 16.7. The zero-order chi connectivity index (χ0) is 44.4. The van der Waals surface area contributed by atoms with Gasteiger partial charge in [0.2, 0.25) is 0 Å². The van der Waals surface area contributed by atoms with Crippen LogP contribution in [0.2, 0.25) is 0 Å². The summed E-state index contributed by atoms with van der Waals surface area (Å²) in [6.45, 7) is -5.23. The number of nitrogens with two attached hydrogens (primary N) is 1. The lowest BCUT2D eigenvalue weighted by molar-refractivity contribution is -0.458. The van der Waals surface area contributed by atoms with Gasteiger partial charge in [-0.25, -0.2) is 18.0 Å². The van der Waals surface area contributed by atoms with Gasteiger partial charge in [-0.1, -0.05) is 30.3 Å². The molecule has 30 heteroatoms. The van der Waals surface area contributed by atoms with E-state index in [9.17, 15) is 103 Å². The smallest absolute Gasteiger partial charge is 0.460 e. The van der Waals surface area contributed by atoms with Gasteiger partial charge in [-0.3, -0.25) is 10.1 Å². The maximum atomic E-state index is 14.9. The second-order valence-electron chi connectivity index (χ2n) is 11.9. The average Bonchev–Trinajstić information content (AvgIpc) is 3.09. The van der Waals surface area contributed by atoms with Crippen molar-refractivity contribution in [2.75, 3.05) is 26.2 Å². The maximum Gasteiger partial charge on any atom is 0.460 e. The molecule has 5 N–H and O–H groups in total. The van der Waals surface area contributed by atoms with Crippen molar-refractivity contribution in [3.05, 3.63) is 35.9 Å². The van der Waals surface area contributed by atoms with Gasteiger partial charge in [0.15, 0.2) is 0 Å². The molecule has 0 radical (unpaired) electrons. The molecule has 0 saturated carbocycles. The minimum atomic E-state index is -9.03. The Balaban J connectivity index is 2.30. The highest BCUT2D eigenvalue weighted by Gasteiger charge is 2.96. The third-order valence-electron chi connectivity index (χ3n) is 8.08. The molecule has 1 heterocycles. The van der Waals surface area contributed by atoms with Gasteiger partial charge >= 0.3 is 65.1 Å². The number of carbonyl (C=O) groups is 3. The fraction of sp³-hybridized carbons (Fsp3) is 0.667. The molecule has 0 aromatic heterocycles. The number of rotatable bonds is 18. The number of piperazine rings is 1. The topological polar surface area (TPSA) is 171 Å². The van der Waals surface area contributed by atoms with Gasteiger partial charge in [0.05, 0.1) is 6.17 Å². The average molecular weight is 890 g/mol. The number of hydrogen-bond donors (Lipinski definition) is 4. The lowest BCUT2D eigenvalue weighted by atomic mass is 9.91. The standard InChI is InChI=1S/C27H28F17N5O7S/c28-20(29,22(32,33)24(36,37)26(40,41)42)21(30,31)23(34,35)25(38,39)27(43,44)57(54,55)48-10-11-49(18(45)52)16(12-48)47-15(17(50)51)8-4-5-9-46-19(53)56-13-14-6-2-1-3-7-14/h1-3,6-7,15-16,47H,4-5,8-13H2,(H2,45,52)(H,46,53)(H,50,51)/t15-,16?/m0/s1. The molecule has 12 nitrogen and oxygen atoms in total. The molecule has 0 aliphatic carbocycles. The number of sulfonamides is 1. The van der Waals surface area contributed by atoms with E-state index in [0.29, 0.717) is 5.56 Å². The summed E-state index contributed by atoms with van der Waals surface area (Å²) in [5.74, 6) is -54.5. The first kappa shape index (κ1) is 49.1. The van der Waals surface area contributed by atoms with Crippen LogP contribution >= 0.6 is 0 Å². The molecular weight excluding hydrogens is 861 g/mol. The fourth-order valence-electron chi connectivity index (χ4n) is 4.80. The van der Waals surface area contributed by atoms with Crippen LogP contribution in [0.5, 0.6) is 0 Å². The summed E-state index contributed by atoms with van der Waals surface area (Å²) in [6.07, 6.45) is -11.9. The predicted molar refractivity (Wildman–Crippen MR) is 154 cm³/mol. The predicted octanol–water partition coefficient (Wildman–Crippen LogP) is 5.45. The quantitative estimate of drug-likeness (QED) is 0.112. The van der Waals surface area contributed by atoms with Gasteiger partial charge in [0.1, 0.15) is 12.6 Å². The van der Waals surface area contributed by atoms with Gasteiger partial charge in [-0.2, -0.15) is 78.9 Å². The molecule has 1 aliphatic heterocycles. The molecule has 1 aromatic rings. The monoisotopic (exact) mass is 889 g/mol. The Bertz CT molecular complexity index is 1700. The fourth-order valence-corrected chi connectivity index (χ4v) is 6.24. The molecule has 57 heavy (non-hydrogen) atoms. The highest BCUT2D eigenvalue weighted by molar-refractivity contribution is 7.90. The highest BCUT2D eigenvalue weighted by Crippen LogP contribution is 2.64. The number of alkyl carbamates (subject to hydrolysis) is 1. The van der Waals surface area contributed by atoms with Crippen LogP contribution in [0.1, 0.15) is 24.8 Å². The number of carboxylic acid groups (broad SMARTS) is 1. The van der Waals surface area contributed by atoms with E-state index in [1.807, 2.05) is 5.32 Å². The number of amides is 3. The Labute approximate surface area is 308 Å². The largest absolute Gasteiger partial charge is 0.480 e. The molecule has 0 spiro atoms. The van der Waals surface area contributed by atoms with Crippen LogP contribution in [-0.2, 0) is 26.2 Å². The van der Waals surface area contributed by atoms with Crippen LogP contribution in [0.15, 0.2) is 30.3 Å². The van der Waals surface area contributed by atoms with E-state index in [2.05, 4.69) is 5.32 Å². The lowest BCUT2D eigenvalue weighted by Crippen LogP contribution is -2.75. The van der Waals surface area contributed by atoms with Crippen molar-refractivity contribution in [1.29, 1.82) is 0 Å². The Morgan fingerprint density at radius 3 is 1.74 bits per heavy atom. The number of unbranched alkanes of at least 4 members (excludes halogenated alkanes) is 1. The van der Waals surface area contributed by atoms with Gasteiger partial charge in [0.25, 0.3) is 10.0 Å². The van der Waals surface area contributed by atoms with Crippen molar-refractivity contribution in [1.82, 2.24) is 19.8 Å². The number of urea groups is 1. The first-order chi connectivity index (χ1) is 25.6. The number of carboxylic acids is 1. The van der Waals surface area contributed by atoms with E-state index in [4.69, 9.17) is 10.5 Å². The minimum Gasteiger partial charge on any atom is -0.480 e.